The molecule has 2 aromatic rings. The number of aromatic nitrogens is 2. The highest BCUT2D eigenvalue weighted by atomic mass is 35.5. The average molecular weight is 308 g/mol. The Morgan fingerprint density at radius 2 is 2.30 bits per heavy atom. The molecule has 0 spiro atoms. The van der Waals surface area contributed by atoms with Gasteiger partial charge in [-0.3, -0.25) is 0 Å². The third-order valence-electron chi connectivity index (χ3n) is 3.77. The lowest BCUT2D eigenvalue weighted by Crippen LogP contribution is -2.34. The van der Waals surface area contributed by atoms with Crippen LogP contribution >= 0.6 is 22.9 Å². The van der Waals surface area contributed by atoms with E-state index < -0.39 is 0 Å². The number of nitrogens with zero attached hydrogens (tertiary/aromatic N) is 3. The number of aryl methyl sites for hydroxylation is 1. The van der Waals surface area contributed by atoms with Crippen molar-refractivity contribution in [3.63, 3.8) is 0 Å². The lowest BCUT2D eigenvalue weighted by molar-refractivity contribution is 0.621. The number of anilines is 1. The minimum Gasteiger partial charge on any atom is -0.349 e. The van der Waals surface area contributed by atoms with Crippen molar-refractivity contribution in [2.75, 3.05) is 11.4 Å². The summed E-state index contributed by atoms with van der Waals surface area (Å²) in [6.07, 6.45) is 2.99. The number of thiophene rings is 1. The van der Waals surface area contributed by atoms with Crippen molar-refractivity contribution in [3.8, 4) is 0 Å². The van der Waals surface area contributed by atoms with Crippen molar-refractivity contribution in [2.45, 2.75) is 39.2 Å². The number of hydrogen-bond donors (Lipinski definition) is 0. The van der Waals surface area contributed by atoms with Gasteiger partial charge in [-0.15, -0.1) is 11.3 Å². The molecule has 3 nitrogen and oxygen atoms in total. The Balaban J connectivity index is 1.93. The summed E-state index contributed by atoms with van der Waals surface area (Å²) >= 11 is 8.01. The molecule has 0 aliphatic carbocycles. The summed E-state index contributed by atoms with van der Waals surface area (Å²) in [7, 11) is 0. The van der Waals surface area contributed by atoms with Crippen LogP contribution in [0.4, 0.5) is 5.82 Å². The monoisotopic (exact) mass is 307 g/mol. The highest BCUT2D eigenvalue weighted by Crippen LogP contribution is 2.35. The summed E-state index contributed by atoms with van der Waals surface area (Å²) in [4.78, 5) is 12.8. The maximum Gasteiger partial charge on any atom is 0.134 e. The van der Waals surface area contributed by atoms with Crippen LogP contribution in [0, 0.1) is 0 Å². The summed E-state index contributed by atoms with van der Waals surface area (Å²) in [6, 6.07) is 4.46. The smallest absolute Gasteiger partial charge is 0.134 e. The first-order chi connectivity index (χ1) is 9.69. The summed E-state index contributed by atoms with van der Waals surface area (Å²) in [5.41, 5.74) is 1.42. The molecule has 1 unspecified atom stereocenters. The van der Waals surface area contributed by atoms with Crippen LogP contribution in [0.1, 0.15) is 42.6 Å². The number of rotatable bonds is 3. The Bertz CT molecular complexity index is 611. The Hall–Kier alpha value is -1.13. The van der Waals surface area contributed by atoms with E-state index in [2.05, 4.69) is 40.2 Å². The predicted molar refractivity (Wildman–Crippen MR) is 84.8 cm³/mol. The van der Waals surface area contributed by atoms with Crippen LogP contribution in [0.3, 0.4) is 0 Å². The van der Waals surface area contributed by atoms with Gasteiger partial charge in [-0.25, -0.2) is 9.97 Å². The Morgan fingerprint density at radius 1 is 1.45 bits per heavy atom. The van der Waals surface area contributed by atoms with E-state index in [1.54, 1.807) is 0 Å². The SMILES string of the molecule is CCCc1nc(Cl)cc(N2CCc3sccc3C2C)n1. The number of hydrogen-bond acceptors (Lipinski definition) is 4. The van der Waals surface area contributed by atoms with Crippen molar-refractivity contribution in [1.29, 1.82) is 0 Å². The number of fused-ring (bicyclic) bond motifs is 1. The maximum atomic E-state index is 6.16. The molecule has 5 heteroatoms. The topological polar surface area (TPSA) is 29.0 Å². The zero-order chi connectivity index (χ0) is 14.1. The maximum absolute atomic E-state index is 6.16. The van der Waals surface area contributed by atoms with Gasteiger partial charge in [0, 0.05) is 23.9 Å². The second-order valence-electron chi connectivity index (χ2n) is 5.13. The van der Waals surface area contributed by atoms with Gasteiger partial charge in [-0.2, -0.15) is 0 Å². The molecule has 1 aliphatic heterocycles. The second kappa shape index (κ2) is 5.70. The third-order valence-corrected chi connectivity index (χ3v) is 4.96. The molecule has 3 heterocycles. The molecule has 0 saturated heterocycles. The predicted octanol–water partition coefficient (Wildman–Crippen LogP) is 4.27. The molecule has 0 aromatic carbocycles. The van der Waals surface area contributed by atoms with E-state index in [0.29, 0.717) is 11.2 Å². The van der Waals surface area contributed by atoms with Crippen molar-refractivity contribution in [2.24, 2.45) is 0 Å². The third kappa shape index (κ3) is 2.54. The highest BCUT2D eigenvalue weighted by Gasteiger charge is 2.26. The van der Waals surface area contributed by atoms with E-state index in [4.69, 9.17) is 11.6 Å². The van der Waals surface area contributed by atoms with Crippen LogP contribution in [0.25, 0.3) is 0 Å². The van der Waals surface area contributed by atoms with Gasteiger partial charge in [0.25, 0.3) is 0 Å². The standard InChI is InChI=1S/C15H18ClN3S/c1-3-4-14-17-13(16)9-15(18-14)19-7-5-12-11(10(19)2)6-8-20-12/h6,8-10H,3-5,7H2,1-2H3. The largest absolute Gasteiger partial charge is 0.349 e. The number of halogens is 1. The zero-order valence-electron chi connectivity index (χ0n) is 11.8. The molecule has 0 fully saturated rings. The fraction of sp³-hybridized carbons (Fsp3) is 0.467. The lowest BCUT2D eigenvalue weighted by Gasteiger charge is -2.34. The highest BCUT2D eigenvalue weighted by molar-refractivity contribution is 7.10. The molecular formula is C15H18ClN3S. The van der Waals surface area contributed by atoms with Crippen LogP contribution in [0.15, 0.2) is 17.5 Å². The molecule has 0 amide bonds. The van der Waals surface area contributed by atoms with Gasteiger partial charge in [-0.05, 0) is 36.8 Å². The van der Waals surface area contributed by atoms with Gasteiger partial charge in [0.1, 0.15) is 16.8 Å². The van der Waals surface area contributed by atoms with Crippen molar-refractivity contribution in [1.82, 2.24) is 9.97 Å². The first-order valence-corrected chi connectivity index (χ1v) is 8.31. The minimum atomic E-state index is 0.352. The lowest BCUT2D eigenvalue weighted by atomic mass is 10.0. The molecule has 0 radical (unpaired) electrons. The molecule has 3 rings (SSSR count). The van der Waals surface area contributed by atoms with Crippen molar-refractivity contribution in [3.05, 3.63) is 38.9 Å². The Kier molecular flexibility index (Phi) is 3.94. The fourth-order valence-electron chi connectivity index (χ4n) is 2.76. The van der Waals surface area contributed by atoms with Crippen molar-refractivity contribution >= 4 is 28.8 Å². The summed E-state index contributed by atoms with van der Waals surface area (Å²) in [5, 5.41) is 2.72. The summed E-state index contributed by atoms with van der Waals surface area (Å²) in [5.74, 6) is 1.80. The van der Waals surface area contributed by atoms with Crippen LogP contribution < -0.4 is 4.90 Å². The minimum absolute atomic E-state index is 0.352. The van der Waals surface area contributed by atoms with Crippen LogP contribution in [-0.4, -0.2) is 16.5 Å². The first kappa shape index (κ1) is 13.8. The normalized spacial score (nSPS) is 18.1. The van der Waals surface area contributed by atoms with Crippen LogP contribution in [0.5, 0.6) is 0 Å². The molecule has 106 valence electrons. The zero-order valence-corrected chi connectivity index (χ0v) is 13.3. The summed E-state index contributed by atoms with van der Waals surface area (Å²) < 4.78 is 0. The molecule has 0 bridgehead atoms. The van der Waals surface area contributed by atoms with Gasteiger partial charge in [0.15, 0.2) is 0 Å². The second-order valence-corrected chi connectivity index (χ2v) is 6.52. The van der Waals surface area contributed by atoms with E-state index in [-0.39, 0.29) is 0 Å². The first-order valence-electron chi connectivity index (χ1n) is 7.05. The summed E-state index contributed by atoms with van der Waals surface area (Å²) in [6.45, 7) is 5.36. The van der Waals surface area contributed by atoms with Gasteiger partial charge in [-0.1, -0.05) is 18.5 Å². The molecule has 0 N–H and O–H groups in total. The average Bonchev–Trinajstić information content (AvgIpc) is 2.88. The van der Waals surface area contributed by atoms with Gasteiger partial charge >= 0.3 is 0 Å². The fourth-order valence-corrected chi connectivity index (χ4v) is 3.91. The Morgan fingerprint density at radius 3 is 3.10 bits per heavy atom. The Labute approximate surface area is 128 Å². The van der Waals surface area contributed by atoms with Gasteiger partial charge in [0.05, 0.1) is 6.04 Å². The van der Waals surface area contributed by atoms with E-state index in [1.165, 1.54) is 10.4 Å². The molecule has 2 aromatic heterocycles. The molecule has 0 saturated carbocycles. The van der Waals surface area contributed by atoms with E-state index in [0.717, 1.165) is 37.4 Å². The molecule has 1 atom stereocenters. The molecule has 20 heavy (non-hydrogen) atoms. The molecular weight excluding hydrogens is 290 g/mol. The van der Waals surface area contributed by atoms with E-state index in [9.17, 15) is 0 Å². The van der Waals surface area contributed by atoms with Gasteiger partial charge < -0.3 is 4.90 Å². The molecule has 1 aliphatic rings. The van der Waals surface area contributed by atoms with E-state index >= 15 is 0 Å². The van der Waals surface area contributed by atoms with Crippen molar-refractivity contribution < 1.29 is 0 Å². The van der Waals surface area contributed by atoms with Crippen LogP contribution in [0.2, 0.25) is 5.15 Å². The quantitative estimate of drug-likeness (QED) is 0.793. The van der Waals surface area contributed by atoms with E-state index in [1.807, 2.05) is 17.4 Å². The van der Waals surface area contributed by atoms with Gasteiger partial charge in [0.2, 0.25) is 0 Å². The van der Waals surface area contributed by atoms with Crippen LogP contribution in [-0.2, 0) is 12.8 Å².